The molecule has 0 heterocycles. The number of ether oxygens (including phenoxy) is 2. The van der Waals surface area contributed by atoms with Crippen molar-refractivity contribution in [2.75, 3.05) is 21.3 Å². The summed E-state index contributed by atoms with van der Waals surface area (Å²) in [5.74, 6) is 1.28. The number of rotatable bonds is 5. The van der Waals surface area contributed by atoms with E-state index in [0.717, 1.165) is 15.6 Å². The first kappa shape index (κ1) is 16.1. The summed E-state index contributed by atoms with van der Waals surface area (Å²) in [6.45, 7) is 0. The second kappa shape index (κ2) is 7.16. The monoisotopic (exact) mass is 369 g/mol. The zero-order valence-corrected chi connectivity index (χ0v) is 14.5. The fraction of sp³-hybridized carbons (Fsp3) is 0.250. The average Bonchev–Trinajstić information content (AvgIpc) is 2.50. The van der Waals surface area contributed by atoms with Gasteiger partial charge in [0.25, 0.3) is 0 Å². The van der Waals surface area contributed by atoms with Crippen LogP contribution < -0.4 is 14.8 Å². The zero-order valence-electron chi connectivity index (χ0n) is 12.1. The molecule has 0 saturated heterocycles. The molecule has 3 nitrogen and oxygen atoms in total. The highest BCUT2D eigenvalue weighted by atomic mass is 79.9. The van der Waals surface area contributed by atoms with Crippen LogP contribution in [-0.2, 0) is 0 Å². The smallest absolute Gasteiger partial charge is 0.162 e. The molecule has 112 valence electrons. The van der Waals surface area contributed by atoms with Crippen molar-refractivity contribution in [1.82, 2.24) is 5.32 Å². The molecule has 0 aromatic heterocycles. The van der Waals surface area contributed by atoms with Crippen LogP contribution in [0.15, 0.2) is 40.9 Å². The average molecular weight is 371 g/mol. The number of nitrogens with one attached hydrogen (secondary N) is 1. The highest BCUT2D eigenvalue weighted by Crippen LogP contribution is 2.39. The fourth-order valence-electron chi connectivity index (χ4n) is 2.28. The molecule has 0 radical (unpaired) electrons. The summed E-state index contributed by atoms with van der Waals surface area (Å²) in [7, 11) is 5.11. The maximum Gasteiger partial charge on any atom is 0.162 e. The van der Waals surface area contributed by atoms with E-state index in [1.807, 2.05) is 31.3 Å². The third-order valence-electron chi connectivity index (χ3n) is 3.32. The molecule has 0 amide bonds. The topological polar surface area (TPSA) is 30.5 Å². The Hall–Kier alpha value is -1.23. The van der Waals surface area contributed by atoms with Crippen LogP contribution in [0.2, 0.25) is 5.02 Å². The molecule has 2 rings (SSSR count). The Bertz CT molecular complexity index is 634. The van der Waals surface area contributed by atoms with Gasteiger partial charge in [0.1, 0.15) is 0 Å². The Kier molecular flexibility index (Phi) is 5.51. The van der Waals surface area contributed by atoms with Crippen LogP contribution in [0.4, 0.5) is 0 Å². The second-order valence-electron chi connectivity index (χ2n) is 4.47. The van der Waals surface area contributed by atoms with Gasteiger partial charge in [0.15, 0.2) is 11.5 Å². The van der Waals surface area contributed by atoms with Gasteiger partial charge in [0.2, 0.25) is 0 Å². The summed E-state index contributed by atoms with van der Waals surface area (Å²) < 4.78 is 11.7. The Balaban J connectivity index is 2.55. The van der Waals surface area contributed by atoms with Crippen LogP contribution in [0.1, 0.15) is 17.2 Å². The molecule has 1 atom stereocenters. The van der Waals surface area contributed by atoms with Gasteiger partial charge in [0.05, 0.1) is 20.3 Å². The zero-order chi connectivity index (χ0) is 15.4. The lowest BCUT2D eigenvalue weighted by Crippen LogP contribution is -2.18. The van der Waals surface area contributed by atoms with Crippen LogP contribution in [0.25, 0.3) is 0 Å². The number of hydrogen-bond acceptors (Lipinski definition) is 3. The van der Waals surface area contributed by atoms with Gasteiger partial charge < -0.3 is 14.8 Å². The molecule has 2 aromatic carbocycles. The minimum atomic E-state index is -0.0483. The van der Waals surface area contributed by atoms with Crippen molar-refractivity contribution in [1.29, 1.82) is 0 Å². The predicted octanol–water partition coefficient (Wildman–Crippen LogP) is 4.43. The van der Waals surface area contributed by atoms with E-state index in [1.165, 1.54) is 0 Å². The Morgan fingerprint density at radius 3 is 2.24 bits per heavy atom. The van der Waals surface area contributed by atoms with Gasteiger partial charge in [-0.1, -0.05) is 45.7 Å². The second-order valence-corrected chi connectivity index (χ2v) is 5.73. The number of methoxy groups -OCH3 is 2. The van der Waals surface area contributed by atoms with E-state index in [0.29, 0.717) is 16.5 Å². The summed E-state index contributed by atoms with van der Waals surface area (Å²) >= 11 is 10.0. The van der Waals surface area contributed by atoms with E-state index in [9.17, 15) is 0 Å². The number of halogens is 2. The van der Waals surface area contributed by atoms with E-state index in [1.54, 1.807) is 20.3 Å². The molecule has 0 saturated carbocycles. The molecule has 0 aliphatic carbocycles. The molecule has 1 N–H and O–H groups in total. The molecular formula is C16H17BrClNO2. The summed E-state index contributed by atoms with van der Waals surface area (Å²) in [5, 5.41) is 3.92. The molecule has 0 fully saturated rings. The van der Waals surface area contributed by atoms with Crippen molar-refractivity contribution < 1.29 is 9.47 Å². The molecule has 5 heteroatoms. The van der Waals surface area contributed by atoms with E-state index in [2.05, 4.69) is 27.3 Å². The van der Waals surface area contributed by atoms with Crippen molar-refractivity contribution in [3.63, 3.8) is 0 Å². The Labute approximate surface area is 138 Å². The van der Waals surface area contributed by atoms with Gasteiger partial charge >= 0.3 is 0 Å². The summed E-state index contributed by atoms with van der Waals surface area (Å²) in [4.78, 5) is 0. The lowest BCUT2D eigenvalue weighted by atomic mass is 9.98. The highest BCUT2D eigenvalue weighted by molar-refractivity contribution is 9.10. The summed E-state index contributed by atoms with van der Waals surface area (Å²) in [6.07, 6.45) is 0. The van der Waals surface area contributed by atoms with Crippen LogP contribution in [0.3, 0.4) is 0 Å². The molecule has 2 aromatic rings. The largest absolute Gasteiger partial charge is 0.493 e. The van der Waals surface area contributed by atoms with E-state index in [-0.39, 0.29) is 6.04 Å². The van der Waals surface area contributed by atoms with E-state index >= 15 is 0 Å². The molecule has 0 aliphatic rings. The van der Waals surface area contributed by atoms with Gasteiger partial charge in [-0.2, -0.15) is 0 Å². The fourth-order valence-corrected chi connectivity index (χ4v) is 3.06. The normalized spacial score (nSPS) is 12.0. The van der Waals surface area contributed by atoms with Gasteiger partial charge in [-0.3, -0.25) is 0 Å². The Morgan fingerprint density at radius 2 is 1.67 bits per heavy atom. The first-order chi connectivity index (χ1) is 10.1. The SMILES string of the molecule is CNC(c1cc(OC)c(OC)cc1Cl)c1ccccc1Br. The molecular weight excluding hydrogens is 354 g/mol. The summed E-state index contributed by atoms with van der Waals surface area (Å²) in [6, 6.07) is 11.7. The highest BCUT2D eigenvalue weighted by Gasteiger charge is 2.20. The quantitative estimate of drug-likeness (QED) is 0.844. The van der Waals surface area contributed by atoms with Crippen molar-refractivity contribution in [3.05, 3.63) is 57.0 Å². The summed E-state index contributed by atoms with van der Waals surface area (Å²) in [5.41, 5.74) is 2.04. The van der Waals surface area contributed by atoms with Crippen molar-refractivity contribution in [2.45, 2.75) is 6.04 Å². The Morgan fingerprint density at radius 1 is 1.05 bits per heavy atom. The standard InChI is InChI=1S/C16H17BrClNO2/c1-19-16(10-6-4-5-7-12(10)17)11-8-14(20-2)15(21-3)9-13(11)18/h4-9,16,19H,1-3H3. The molecule has 1 unspecified atom stereocenters. The molecule has 0 bridgehead atoms. The lowest BCUT2D eigenvalue weighted by Gasteiger charge is -2.21. The van der Waals surface area contributed by atoms with Gasteiger partial charge in [-0.25, -0.2) is 0 Å². The number of benzene rings is 2. The maximum absolute atomic E-state index is 6.42. The van der Waals surface area contributed by atoms with Gasteiger partial charge in [-0.05, 0) is 30.3 Å². The van der Waals surface area contributed by atoms with Crippen LogP contribution in [0.5, 0.6) is 11.5 Å². The minimum absolute atomic E-state index is 0.0483. The van der Waals surface area contributed by atoms with Crippen LogP contribution in [0, 0.1) is 0 Å². The molecule has 0 aliphatic heterocycles. The van der Waals surface area contributed by atoms with Crippen LogP contribution >= 0.6 is 27.5 Å². The third kappa shape index (κ3) is 3.34. The first-order valence-corrected chi connectivity index (χ1v) is 7.62. The van der Waals surface area contributed by atoms with Crippen molar-refractivity contribution in [2.24, 2.45) is 0 Å². The third-order valence-corrected chi connectivity index (χ3v) is 4.37. The molecule has 21 heavy (non-hydrogen) atoms. The first-order valence-electron chi connectivity index (χ1n) is 6.45. The predicted molar refractivity (Wildman–Crippen MR) is 89.6 cm³/mol. The minimum Gasteiger partial charge on any atom is -0.493 e. The molecule has 0 spiro atoms. The maximum atomic E-state index is 6.42. The van der Waals surface area contributed by atoms with Gasteiger partial charge in [-0.15, -0.1) is 0 Å². The van der Waals surface area contributed by atoms with E-state index in [4.69, 9.17) is 21.1 Å². The van der Waals surface area contributed by atoms with Crippen molar-refractivity contribution in [3.8, 4) is 11.5 Å². The van der Waals surface area contributed by atoms with Gasteiger partial charge in [0, 0.05) is 15.6 Å². The van der Waals surface area contributed by atoms with E-state index < -0.39 is 0 Å². The number of hydrogen-bond donors (Lipinski definition) is 1. The lowest BCUT2D eigenvalue weighted by molar-refractivity contribution is 0.354. The van der Waals surface area contributed by atoms with Crippen molar-refractivity contribution >= 4 is 27.5 Å². The van der Waals surface area contributed by atoms with Crippen LogP contribution in [-0.4, -0.2) is 21.3 Å².